The fourth-order valence-corrected chi connectivity index (χ4v) is 2.38. The fraction of sp³-hybridized carbons (Fsp3) is 0.533. The van der Waals surface area contributed by atoms with E-state index in [4.69, 9.17) is 0 Å². The lowest BCUT2D eigenvalue weighted by Gasteiger charge is -2.19. The SMILES string of the molecule is CC(C)(O)c1cccc(C(=O)NC2CCCC2)c1. The summed E-state index contributed by atoms with van der Waals surface area (Å²) in [5.41, 5.74) is 0.479. The molecule has 1 amide bonds. The Morgan fingerprint density at radius 1 is 1.33 bits per heavy atom. The topological polar surface area (TPSA) is 49.3 Å². The summed E-state index contributed by atoms with van der Waals surface area (Å²) in [6.45, 7) is 3.45. The Morgan fingerprint density at radius 3 is 2.61 bits per heavy atom. The van der Waals surface area contributed by atoms with Gasteiger partial charge in [-0.2, -0.15) is 0 Å². The van der Waals surface area contributed by atoms with E-state index in [9.17, 15) is 9.90 Å². The molecule has 1 saturated carbocycles. The first-order chi connectivity index (χ1) is 8.47. The van der Waals surface area contributed by atoms with Gasteiger partial charge in [0.15, 0.2) is 0 Å². The summed E-state index contributed by atoms with van der Waals surface area (Å²) in [5.74, 6) is -0.0343. The molecule has 3 nitrogen and oxygen atoms in total. The highest BCUT2D eigenvalue weighted by Gasteiger charge is 2.20. The molecule has 0 heterocycles. The number of hydrogen-bond donors (Lipinski definition) is 2. The smallest absolute Gasteiger partial charge is 0.251 e. The summed E-state index contributed by atoms with van der Waals surface area (Å²) < 4.78 is 0. The molecule has 0 aliphatic heterocycles. The summed E-state index contributed by atoms with van der Waals surface area (Å²) >= 11 is 0. The predicted molar refractivity (Wildman–Crippen MR) is 71.4 cm³/mol. The minimum atomic E-state index is -0.913. The van der Waals surface area contributed by atoms with Crippen molar-refractivity contribution in [2.24, 2.45) is 0 Å². The maximum atomic E-state index is 12.1. The van der Waals surface area contributed by atoms with Crippen molar-refractivity contribution < 1.29 is 9.90 Å². The van der Waals surface area contributed by atoms with Gasteiger partial charge in [0, 0.05) is 11.6 Å². The molecular weight excluding hydrogens is 226 g/mol. The highest BCUT2D eigenvalue weighted by Crippen LogP contribution is 2.21. The molecule has 2 rings (SSSR count). The molecular formula is C15H21NO2. The average molecular weight is 247 g/mol. The van der Waals surface area contributed by atoms with Crippen molar-refractivity contribution in [1.82, 2.24) is 5.32 Å². The largest absolute Gasteiger partial charge is 0.386 e. The second-order valence-electron chi connectivity index (χ2n) is 5.59. The summed E-state index contributed by atoms with van der Waals surface area (Å²) in [4.78, 5) is 12.1. The van der Waals surface area contributed by atoms with Gasteiger partial charge >= 0.3 is 0 Å². The van der Waals surface area contributed by atoms with Crippen LogP contribution in [0.5, 0.6) is 0 Å². The van der Waals surface area contributed by atoms with E-state index in [0.717, 1.165) is 18.4 Å². The molecule has 0 saturated heterocycles. The van der Waals surface area contributed by atoms with E-state index in [-0.39, 0.29) is 5.91 Å². The van der Waals surface area contributed by atoms with Crippen LogP contribution in [0.15, 0.2) is 24.3 Å². The summed E-state index contributed by atoms with van der Waals surface area (Å²) in [5, 5.41) is 13.0. The third kappa shape index (κ3) is 3.10. The molecule has 2 N–H and O–H groups in total. The van der Waals surface area contributed by atoms with Gasteiger partial charge in [0.1, 0.15) is 0 Å². The molecule has 1 aliphatic rings. The highest BCUT2D eigenvalue weighted by molar-refractivity contribution is 5.94. The van der Waals surface area contributed by atoms with Crippen LogP contribution in [0.25, 0.3) is 0 Å². The monoisotopic (exact) mass is 247 g/mol. The average Bonchev–Trinajstić information content (AvgIpc) is 2.81. The van der Waals surface area contributed by atoms with Crippen LogP contribution in [-0.4, -0.2) is 17.1 Å². The maximum absolute atomic E-state index is 12.1. The molecule has 0 atom stereocenters. The zero-order valence-electron chi connectivity index (χ0n) is 11.1. The van der Waals surface area contributed by atoms with Crippen LogP contribution >= 0.6 is 0 Å². The van der Waals surface area contributed by atoms with Crippen molar-refractivity contribution in [3.63, 3.8) is 0 Å². The molecule has 0 unspecified atom stereocenters. The van der Waals surface area contributed by atoms with Crippen LogP contribution in [0.3, 0.4) is 0 Å². The molecule has 0 bridgehead atoms. The van der Waals surface area contributed by atoms with Crippen molar-refractivity contribution in [3.05, 3.63) is 35.4 Å². The summed E-state index contributed by atoms with van der Waals surface area (Å²) in [7, 11) is 0. The Morgan fingerprint density at radius 2 is 2.00 bits per heavy atom. The van der Waals surface area contributed by atoms with Crippen molar-refractivity contribution in [3.8, 4) is 0 Å². The first kappa shape index (κ1) is 13.1. The van der Waals surface area contributed by atoms with Crippen molar-refractivity contribution >= 4 is 5.91 Å². The molecule has 98 valence electrons. The number of nitrogens with one attached hydrogen (secondary N) is 1. The Balaban J connectivity index is 2.10. The zero-order valence-corrected chi connectivity index (χ0v) is 11.1. The van der Waals surface area contributed by atoms with E-state index >= 15 is 0 Å². The van der Waals surface area contributed by atoms with E-state index in [0.29, 0.717) is 11.6 Å². The third-order valence-electron chi connectivity index (χ3n) is 3.52. The van der Waals surface area contributed by atoms with E-state index in [2.05, 4.69) is 5.32 Å². The summed E-state index contributed by atoms with van der Waals surface area (Å²) in [6.07, 6.45) is 4.57. The number of carbonyl (C=O) groups excluding carboxylic acids is 1. The Hall–Kier alpha value is -1.35. The minimum absolute atomic E-state index is 0.0343. The van der Waals surface area contributed by atoms with Crippen LogP contribution in [0.4, 0.5) is 0 Å². The van der Waals surface area contributed by atoms with E-state index < -0.39 is 5.60 Å². The van der Waals surface area contributed by atoms with E-state index in [1.807, 2.05) is 12.1 Å². The Labute approximate surface area is 108 Å². The number of rotatable bonds is 3. The normalized spacial score (nSPS) is 16.8. The van der Waals surface area contributed by atoms with E-state index in [1.54, 1.807) is 26.0 Å². The number of aliphatic hydroxyl groups is 1. The second-order valence-corrected chi connectivity index (χ2v) is 5.59. The first-order valence-corrected chi connectivity index (χ1v) is 6.60. The van der Waals surface area contributed by atoms with Crippen LogP contribution in [0, 0.1) is 0 Å². The molecule has 0 spiro atoms. The molecule has 0 radical (unpaired) electrons. The standard InChI is InChI=1S/C15H21NO2/c1-15(2,18)12-7-5-6-11(10-12)14(17)16-13-8-3-4-9-13/h5-7,10,13,18H,3-4,8-9H2,1-2H3,(H,16,17). The summed E-state index contributed by atoms with van der Waals surface area (Å²) in [6, 6.07) is 7.54. The van der Waals surface area contributed by atoms with Gasteiger partial charge in [-0.3, -0.25) is 4.79 Å². The van der Waals surface area contributed by atoms with Gasteiger partial charge in [0.25, 0.3) is 5.91 Å². The molecule has 1 aliphatic carbocycles. The van der Waals surface area contributed by atoms with Crippen LogP contribution in [0.2, 0.25) is 0 Å². The van der Waals surface area contributed by atoms with Gasteiger partial charge in [0.05, 0.1) is 5.60 Å². The molecule has 1 aromatic rings. The Bertz CT molecular complexity index is 428. The molecule has 18 heavy (non-hydrogen) atoms. The minimum Gasteiger partial charge on any atom is -0.386 e. The zero-order chi connectivity index (χ0) is 13.2. The van der Waals surface area contributed by atoms with Gasteiger partial charge in [0.2, 0.25) is 0 Å². The molecule has 1 aromatic carbocycles. The molecule has 3 heteroatoms. The van der Waals surface area contributed by atoms with Crippen LogP contribution in [-0.2, 0) is 5.60 Å². The predicted octanol–water partition coefficient (Wildman–Crippen LogP) is 2.59. The van der Waals surface area contributed by atoms with Crippen molar-refractivity contribution in [2.45, 2.75) is 51.2 Å². The van der Waals surface area contributed by atoms with Crippen molar-refractivity contribution in [1.29, 1.82) is 0 Å². The van der Waals surface area contributed by atoms with Gasteiger partial charge in [-0.25, -0.2) is 0 Å². The lowest BCUT2D eigenvalue weighted by atomic mass is 9.96. The number of hydrogen-bond acceptors (Lipinski definition) is 2. The van der Waals surface area contributed by atoms with Gasteiger partial charge in [-0.05, 0) is 44.4 Å². The van der Waals surface area contributed by atoms with Gasteiger partial charge in [-0.1, -0.05) is 25.0 Å². The Kier molecular flexibility index (Phi) is 3.71. The van der Waals surface area contributed by atoms with Crippen LogP contribution in [0.1, 0.15) is 55.5 Å². The highest BCUT2D eigenvalue weighted by atomic mass is 16.3. The molecule has 0 aromatic heterocycles. The number of carbonyl (C=O) groups is 1. The van der Waals surface area contributed by atoms with Crippen molar-refractivity contribution in [2.75, 3.05) is 0 Å². The van der Waals surface area contributed by atoms with Gasteiger partial charge in [-0.15, -0.1) is 0 Å². The van der Waals surface area contributed by atoms with Crippen LogP contribution < -0.4 is 5.32 Å². The third-order valence-corrected chi connectivity index (χ3v) is 3.52. The maximum Gasteiger partial charge on any atom is 0.251 e. The lowest BCUT2D eigenvalue weighted by Crippen LogP contribution is -2.32. The second kappa shape index (κ2) is 5.11. The number of benzene rings is 1. The quantitative estimate of drug-likeness (QED) is 0.862. The lowest BCUT2D eigenvalue weighted by molar-refractivity contribution is 0.0784. The number of amides is 1. The fourth-order valence-electron chi connectivity index (χ4n) is 2.38. The van der Waals surface area contributed by atoms with Gasteiger partial charge < -0.3 is 10.4 Å². The van der Waals surface area contributed by atoms with E-state index in [1.165, 1.54) is 12.8 Å². The first-order valence-electron chi connectivity index (χ1n) is 6.60. The molecule has 1 fully saturated rings.